The van der Waals surface area contributed by atoms with Gasteiger partial charge in [-0.25, -0.2) is 0 Å². The molecule has 2 heterocycles. The van der Waals surface area contributed by atoms with Crippen molar-refractivity contribution in [1.29, 1.82) is 0 Å². The first-order valence-electron chi connectivity index (χ1n) is 6.67. The van der Waals surface area contributed by atoms with Crippen LogP contribution >= 0.6 is 11.8 Å². The smallest absolute Gasteiger partial charge is 0.227 e. The first-order chi connectivity index (χ1) is 9.25. The molecule has 1 aliphatic rings. The molecule has 1 N–H and O–H groups in total. The maximum atomic E-state index is 12.4. The van der Waals surface area contributed by atoms with Crippen molar-refractivity contribution in [2.24, 2.45) is 0 Å². The van der Waals surface area contributed by atoms with E-state index in [0.717, 1.165) is 41.4 Å². The second-order valence-electron chi connectivity index (χ2n) is 4.94. The molecular weight excluding hydrogens is 256 g/mol. The Morgan fingerprint density at radius 3 is 2.84 bits per heavy atom. The number of hydrogen-bond acceptors (Lipinski definition) is 2. The number of aromatic amines is 1. The average molecular weight is 274 g/mol. The molecule has 0 atom stereocenters. The summed E-state index contributed by atoms with van der Waals surface area (Å²) in [7, 11) is 0. The summed E-state index contributed by atoms with van der Waals surface area (Å²) in [5.74, 6) is 2.39. The number of carbonyl (C=O) groups excluding carboxylic acids is 1. The summed E-state index contributed by atoms with van der Waals surface area (Å²) in [6.45, 7) is 3.84. The molecule has 1 aliphatic heterocycles. The van der Waals surface area contributed by atoms with E-state index in [1.807, 2.05) is 28.8 Å². The fourth-order valence-corrected chi connectivity index (χ4v) is 3.54. The molecule has 2 aromatic rings. The maximum Gasteiger partial charge on any atom is 0.227 e. The Morgan fingerprint density at radius 2 is 2.05 bits per heavy atom. The Labute approximate surface area is 117 Å². The molecule has 1 aromatic heterocycles. The Hall–Kier alpha value is -1.42. The zero-order valence-corrected chi connectivity index (χ0v) is 11.9. The number of thioether (sulfide) groups is 1. The second-order valence-corrected chi connectivity index (χ2v) is 6.17. The van der Waals surface area contributed by atoms with Gasteiger partial charge in [0.1, 0.15) is 0 Å². The van der Waals surface area contributed by atoms with Gasteiger partial charge in [0, 0.05) is 41.2 Å². The third-order valence-electron chi connectivity index (χ3n) is 3.72. The first-order valence-corrected chi connectivity index (χ1v) is 7.83. The van der Waals surface area contributed by atoms with Crippen LogP contribution in [0.5, 0.6) is 0 Å². The topological polar surface area (TPSA) is 36.1 Å². The van der Waals surface area contributed by atoms with E-state index in [-0.39, 0.29) is 5.91 Å². The van der Waals surface area contributed by atoms with Gasteiger partial charge in [-0.3, -0.25) is 4.79 Å². The van der Waals surface area contributed by atoms with Gasteiger partial charge in [0.05, 0.1) is 6.42 Å². The van der Waals surface area contributed by atoms with Crippen LogP contribution in [-0.4, -0.2) is 40.4 Å². The largest absolute Gasteiger partial charge is 0.358 e. The number of nitrogens with one attached hydrogen (secondary N) is 1. The van der Waals surface area contributed by atoms with Crippen LogP contribution in [0.15, 0.2) is 24.3 Å². The number of hydrogen-bond donors (Lipinski definition) is 1. The van der Waals surface area contributed by atoms with Crippen molar-refractivity contribution in [3.63, 3.8) is 0 Å². The number of fused-ring (bicyclic) bond motifs is 1. The summed E-state index contributed by atoms with van der Waals surface area (Å²) < 4.78 is 0. The van der Waals surface area contributed by atoms with E-state index >= 15 is 0 Å². The predicted octanol–water partition coefficient (Wildman–Crippen LogP) is 2.59. The lowest BCUT2D eigenvalue weighted by atomic mass is 10.1. The minimum Gasteiger partial charge on any atom is -0.358 e. The molecule has 0 bridgehead atoms. The lowest BCUT2D eigenvalue weighted by molar-refractivity contribution is -0.130. The van der Waals surface area contributed by atoms with Gasteiger partial charge < -0.3 is 9.88 Å². The first kappa shape index (κ1) is 12.6. The lowest BCUT2D eigenvalue weighted by Gasteiger charge is -2.26. The van der Waals surface area contributed by atoms with Crippen LogP contribution in [0, 0.1) is 6.92 Å². The van der Waals surface area contributed by atoms with Crippen molar-refractivity contribution in [3.05, 3.63) is 35.5 Å². The van der Waals surface area contributed by atoms with Crippen molar-refractivity contribution < 1.29 is 4.79 Å². The fraction of sp³-hybridized carbons (Fsp3) is 0.400. The summed E-state index contributed by atoms with van der Waals surface area (Å²) in [6.07, 6.45) is 0.514. The van der Waals surface area contributed by atoms with E-state index in [9.17, 15) is 4.79 Å². The van der Waals surface area contributed by atoms with Crippen LogP contribution in [0.1, 0.15) is 11.3 Å². The molecule has 0 spiro atoms. The van der Waals surface area contributed by atoms with Crippen molar-refractivity contribution in [1.82, 2.24) is 9.88 Å². The molecule has 3 rings (SSSR count). The third-order valence-corrected chi connectivity index (χ3v) is 4.66. The Bertz CT molecular complexity index is 599. The third kappa shape index (κ3) is 2.50. The number of aromatic nitrogens is 1. The van der Waals surface area contributed by atoms with E-state index in [1.54, 1.807) is 0 Å². The highest BCUT2D eigenvalue weighted by atomic mass is 32.2. The van der Waals surface area contributed by atoms with Crippen LogP contribution in [0.3, 0.4) is 0 Å². The Kier molecular flexibility index (Phi) is 3.51. The summed E-state index contributed by atoms with van der Waals surface area (Å²) >= 11 is 1.93. The van der Waals surface area contributed by atoms with Crippen molar-refractivity contribution in [2.45, 2.75) is 13.3 Å². The zero-order valence-electron chi connectivity index (χ0n) is 11.1. The minimum atomic E-state index is 0.258. The van der Waals surface area contributed by atoms with Crippen LogP contribution in [0.4, 0.5) is 0 Å². The number of rotatable bonds is 2. The second kappa shape index (κ2) is 5.29. The molecular formula is C15H18N2OS. The van der Waals surface area contributed by atoms with E-state index in [1.165, 1.54) is 5.39 Å². The van der Waals surface area contributed by atoms with Gasteiger partial charge in [0.25, 0.3) is 0 Å². The van der Waals surface area contributed by atoms with Crippen LogP contribution < -0.4 is 0 Å². The van der Waals surface area contributed by atoms with Gasteiger partial charge in [0.2, 0.25) is 5.91 Å². The number of H-pyrrole nitrogens is 1. The molecule has 0 aliphatic carbocycles. The van der Waals surface area contributed by atoms with Crippen molar-refractivity contribution >= 4 is 28.6 Å². The lowest BCUT2D eigenvalue weighted by Crippen LogP contribution is -2.38. The van der Waals surface area contributed by atoms with Gasteiger partial charge in [-0.2, -0.15) is 11.8 Å². The van der Waals surface area contributed by atoms with Gasteiger partial charge in [-0.1, -0.05) is 18.2 Å². The molecule has 0 saturated carbocycles. The van der Waals surface area contributed by atoms with Crippen LogP contribution in [0.25, 0.3) is 10.9 Å². The normalized spacial score (nSPS) is 15.9. The maximum absolute atomic E-state index is 12.4. The quantitative estimate of drug-likeness (QED) is 0.913. The highest BCUT2D eigenvalue weighted by molar-refractivity contribution is 7.99. The molecule has 1 saturated heterocycles. The number of para-hydroxylation sites is 1. The number of carbonyl (C=O) groups is 1. The van der Waals surface area contributed by atoms with Crippen LogP contribution in [-0.2, 0) is 11.2 Å². The van der Waals surface area contributed by atoms with Gasteiger partial charge in [-0.05, 0) is 18.6 Å². The van der Waals surface area contributed by atoms with Gasteiger partial charge >= 0.3 is 0 Å². The summed E-state index contributed by atoms with van der Waals surface area (Å²) in [5, 5.41) is 1.18. The monoisotopic (exact) mass is 274 g/mol. The standard InChI is InChI=1S/C15H18N2OS/c1-11-13(12-4-2-3-5-14(12)16-11)10-15(18)17-6-8-19-9-7-17/h2-5,16H,6-10H2,1H3. The molecule has 1 aromatic carbocycles. The molecule has 4 heteroatoms. The van der Waals surface area contributed by atoms with E-state index in [2.05, 4.69) is 24.0 Å². The fourth-order valence-electron chi connectivity index (χ4n) is 2.64. The average Bonchev–Trinajstić information content (AvgIpc) is 2.76. The number of aryl methyl sites for hydroxylation is 1. The molecule has 0 radical (unpaired) electrons. The van der Waals surface area contributed by atoms with Crippen LogP contribution in [0.2, 0.25) is 0 Å². The summed E-state index contributed by atoms with van der Waals surface area (Å²) in [4.78, 5) is 17.7. The zero-order chi connectivity index (χ0) is 13.2. The van der Waals surface area contributed by atoms with Crippen molar-refractivity contribution in [2.75, 3.05) is 24.6 Å². The minimum absolute atomic E-state index is 0.258. The summed E-state index contributed by atoms with van der Waals surface area (Å²) in [5.41, 5.74) is 3.39. The molecule has 100 valence electrons. The molecule has 1 amide bonds. The van der Waals surface area contributed by atoms with E-state index in [4.69, 9.17) is 0 Å². The number of benzene rings is 1. The molecule has 3 nitrogen and oxygen atoms in total. The predicted molar refractivity (Wildman–Crippen MR) is 80.6 cm³/mol. The van der Waals surface area contributed by atoms with Gasteiger partial charge in [-0.15, -0.1) is 0 Å². The van der Waals surface area contributed by atoms with E-state index < -0.39 is 0 Å². The summed E-state index contributed by atoms with van der Waals surface area (Å²) in [6, 6.07) is 8.20. The Balaban J connectivity index is 1.84. The molecule has 19 heavy (non-hydrogen) atoms. The van der Waals surface area contributed by atoms with Gasteiger partial charge in [0.15, 0.2) is 0 Å². The highest BCUT2D eigenvalue weighted by Crippen LogP contribution is 2.23. The van der Waals surface area contributed by atoms with E-state index in [0.29, 0.717) is 6.42 Å². The SMILES string of the molecule is Cc1[nH]c2ccccc2c1CC(=O)N1CCSCC1. The Morgan fingerprint density at radius 1 is 1.32 bits per heavy atom. The molecule has 0 unspecified atom stereocenters. The molecule has 1 fully saturated rings. The highest BCUT2D eigenvalue weighted by Gasteiger charge is 2.19. The number of nitrogens with zero attached hydrogens (tertiary/aromatic N) is 1. The van der Waals surface area contributed by atoms with Crippen molar-refractivity contribution in [3.8, 4) is 0 Å². The number of amides is 1.